The van der Waals surface area contributed by atoms with E-state index in [1.807, 2.05) is 11.8 Å². The first-order chi connectivity index (χ1) is 13.1. The van der Waals surface area contributed by atoms with Gasteiger partial charge in [-0.05, 0) is 12.8 Å². The molecule has 0 unspecified atom stereocenters. The molecule has 0 aromatic rings. The summed E-state index contributed by atoms with van der Waals surface area (Å²) in [5.74, 6) is 0.0929. The minimum atomic E-state index is -0.882. The average Bonchev–Trinajstić information content (AvgIpc) is 3.16. The van der Waals surface area contributed by atoms with E-state index in [4.69, 9.17) is 14.6 Å². The molecule has 0 saturated carbocycles. The summed E-state index contributed by atoms with van der Waals surface area (Å²) < 4.78 is 10.4. The number of carbonyl (C=O) groups excluding carboxylic acids is 2. The minimum Gasteiger partial charge on any atom is -0.481 e. The lowest BCUT2D eigenvalue weighted by Gasteiger charge is -2.16. The number of aliphatic carboxylic acids is 1. The van der Waals surface area contributed by atoms with Crippen molar-refractivity contribution < 1.29 is 29.0 Å². The number of unbranched alkanes of at least 4 members (excludes halogenated alkanes) is 1. The van der Waals surface area contributed by atoms with Crippen LogP contribution in [0.15, 0.2) is 0 Å². The Morgan fingerprint density at radius 2 is 1.89 bits per heavy atom. The van der Waals surface area contributed by atoms with E-state index in [0.717, 1.165) is 25.0 Å². The quantitative estimate of drug-likeness (QED) is 0.243. The second kappa shape index (κ2) is 12.0. The van der Waals surface area contributed by atoms with Gasteiger partial charge in [0.05, 0.1) is 44.9 Å². The van der Waals surface area contributed by atoms with Crippen LogP contribution >= 0.6 is 11.8 Å². The lowest BCUT2D eigenvalue weighted by atomic mass is 10.0. The Bertz CT molecular complexity index is 507. The highest BCUT2D eigenvalue weighted by molar-refractivity contribution is 8.00. The summed E-state index contributed by atoms with van der Waals surface area (Å²) in [5.41, 5.74) is 0. The van der Waals surface area contributed by atoms with E-state index >= 15 is 0 Å². The molecule has 2 aliphatic rings. The first kappa shape index (κ1) is 21.8. The van der Waals surface area contributed by atoms with Gasteiger partial charge in [-0.25, -0.2) is 4.79 Å². The summed E-state index contributed by atoms with van der Waals surface area (Å²) in [7, 11) is 0. The van der Waals surface area contributed by atoms with E-state index in [9.17, 15) is 14.4 Å². The predicted octanol–water partition coefficient (Wildman–Crippen LogP) is 0.336. The van der Waals surface area contributed by atoms with Crippen LogP contribution in [0.3, 0.4) is 0 Å². The van der Waals surface area contributed by atoms with Gasteiger partial charge in [0.15, 0.2) is 0 Å². The average molecular weight is 404 g/mol. The zero-order chi connectivity index (χ0) is 19.5. The number of amides is 3. The first-order valence-electron chi connectivity index (χ1n) is 9.39. The van der Waals surface area contributed by atoms with Gasteiger partial charge in [0.2, 0.25) is 5.91 Å². The number of rotatable bonds is 14. The van der Waals surface area contributed by atoms with Gasteiger partial charge < -0.3 is 30.5 Å². The van der Waals surface area contributed by atoms with Crippen molar-refractivity contribution in [2.45, 2.75) is 49.4 Å². The van der Waals surface area contributed by atoms with E-state index in [2.05, 4.69) is 16.0 Å². The third-order valence-electron chi connectivity index (χ3n) is 4.48. The number of urea groups is 1. The molecule has 0 bridgehead atoms. The highest BCUT2D eigenvalue weighted by Crippen LogP contribution is 2.33. The zero-order valence-corrected chi connectivity index (χ0v) is 16.2. The monoisotopic (exact) mass is 403 g/mol. The van der Waals surface area contributed by atoms with Crippen molar-refractivity contribution in [1.29, 1.82) is 0 Å². The van der Waals surface area contributed by atoms with Crippen LogP contribution in [0.4, 0.5) is 4.79 Å². The maximum absolute atomic E-state index is 11.8. The maximum Gasteiger partial charge on any atom is 0.315 e. The lowest BCUT2D eigenvalue weighted by Crippen LogP contribution is -2.36. The summed E-state index contributed by atoms with van der Waals surface area (Å²) >= 11 is 1.89. The molecule has 3 amide bonds. The second-order valence-corrected chi connectivity index (χ2v) is 7.86. The van der Waals surface area contributed by atoms with Crippen LogP contribution in [0.25, 0.3) is 0 Å². The number of fused-ring (bicyclic) bond motifs is 1. The van der Waals surface area contributed by atoms with Crippen LogP contribution in [0.1, 0.15) is 32.1 Å². The van der Waals surface area contributed by atoms with Crippen molar-refractivity contribution in [3.63, 3.8) is 0 Å². The molecule has 4 N–H and O–H groups in total. The molecular formula is C17H29N3O6S. The van der Waals surface area contributed by atoms with Crippen LogP contribution in [-0.2, 0) is 19.1 Å². The smallest absolute Gasteiger partial charge is 0.315 e. The molecule has 2 saturated heterocycles. The van der Waals surface area contributed by atoms with Crippen LogP contribution in [0, 0.1) is 0 Å². The summed E-state index contributed by atoms with van der Waals surface area (Å²) in [4.78, 5) is 33.4. The largest absolute Gasteiger partial charge is 0.481 e. The molecule has 2 heterocycles. The van der Waals surface area contributed by atoms with Crippen molar-refractivity contribution in [3.05, 3.63) is 0 Å². The Morgan fingerprint density at radius 1 is 1.11 bits per heavy atom. The number of carboxylic acid groups (broad SMARTS) is 1. The number of carbonyl (C=O) groups is 3. The van der Waals surface area contributed by atoms with E-state index in [1.165, 1.54) is 0 Å². The zero-order valence-electron chi connectivity index (χ0n) is 15.4. The lowest BCUT2D eigenvalue weighted by molar-refractivity contribution is -0.138. The van der Waals surface area contributed by atoms with Crippen molar-refractivity contribution >= 4 is 29.7 Å². The molecule has 2 rings (SSSR count). The number of thioether (sulfide) groups is 1. The van der Waals surface area contributed by atoms with Gasteiger partial charge in [-0.15, -0.1) is 0 Å². The summed E-state index contributed by atoms with van der Waals surface area (Å²) in [6, 6.07) is 0.406. The third kappa shape index (κ3) is 8.35. The molecule has 27 heavy (non-hydrogen) atoms. The summed E-state index contributed by atoms with van der Waals surface area (Å²) in [6.07, 6.45) is 3.29. The van der Waals surface area contributed by atoms with Crippen molar-refractivity contribution in [2.24, 2.45) is 0 Å². The van der Waals surface area contributed by atoms with Crippen LogP contribution < -0.4 is 16.0 Å². The van der Waals surface area contributed by atoms with E-state index in [0.29, 0.717) is 38.0 Å². The van der Waals surface area contributed by atoms with Crippen molar-refractivity contribution in [2.75, 3.05) is 38.7 Å². The maximum atomic E-state index is 11.8. The SMILES string of the molecule is O=C(O)CCOCCOCCNC(=O)CCCC[C@@H]1SC[C@H]2NC(=O)N[C@H]12. The number of hydrogen-bond donors (Lipinski definition) is 4. The number of ether oxygens (including phenoxy) is 2. The van der Waals surface area contributed by atoms with Crippen LogP contribution in [-0.4, -0.2) is 79.1 Å². The van der Waals surface area contributed by atoms with Gasteiger partial charge in [0.25, 0.3) is 0 Å². The Balaban J connectivity index is 1.38. The molecule has 0 radical (unpaired) electrons. The van der Waals surface area contributed by atoms with E-state index in [-0.39, 0.29) is 37.0 Å². The molecule has 0 aliphatic carbocycles. The Kier molecular flexibility index (Phi) is 9.71. The molecule has 9 nitrogen and oxygen atoms in total. The van der Waals surface area contributed by atoms with Crippen molar-refractivity contribution in [1.82, 2.24) is 16.0 Å². The Hall–Kier alpha value is -1.52. The molecule has 10 heteroatoms. The third-order valence-corrected chi connectivity index (χ3v) is 5.99. The fourth-order valence-electron chi connectivity index (χ4n) is 3.11. The Labute approximate surface area is 163 Å². The van der Waals surface area contributed by atoms with Gasteiger partial charge in [-0.1, -0.05) is 6.42 Å². The normalized spacial score (nSPS) is 23.6. The fourth-order valence-corrected chi connectivity index (χ4v) is 4.65. The van der Waals surface area contributed by atoms with E-state index in [1.54, 1.807) is 0 Å². The Morgan fingerprint density at radius 3 is 2.67 bits per heavy atom. The number of carboxylic acids is 1. The van der Waals surface area contributed by atoms with E-state index < -0.39 is 5.97 Å². The van der Waals surface area contributed by atoms with Gasteiger partial charge in [-0.2, -0.15) is 11.8 Å². The molecule has 2 fully saturated rings. The predicted molar refractivity (Wildman–Crippen MR) is 101 cm³/mol. The van der Waals surface area contributed by atoms with Gasteiger partial charge in [-0.3, -0.25) is 9.59 Å². The van der Waals surface area contributed by atoms with Crippen LogP contribution in [0.5, 0.6) is 0 Å². The highest BCUT2D eigenvalue weighted by atomic mass is 32.2. The summed E-state index contributed by atoms with van der Waals surface area (Å²) in [6.45, 7) is 1.76. The highest BCUT2D eigenvalue weighted by Gasteiger charge is 2.42. The topological polar surface area (TPSA) is 126 Å². The summed E-state index contributed by atoms with van der Waals surface area (Å²) in [5, 5.41) is 17.6. The number of hydrogen-bond acceptors (Lipinski definition) is 6. The molecule has 0 aromatic heterocycles. The molecule has 154 valence electrons. The fraction of sp³-hybridized carbons (Fsp3) is 0.824. The second-order valence-electron chi connectivity index (χ2n) is 6.59. The van der Waals surface area contributed by atoms with Gasteiger partial charge >= 0.3 is 12.0 Å². The number of nitrogens with one attached hydrogen (secondary N) is 3. The van der Waals surface area contributed by atoms with Gasteiger partial charge in [0.1, 0.15) is 0 Å². The molecule has 0 aromatic carbocycles. The van der Waals surface area contributed by atoms with Crippen molar-refractivity contribution in [3.8, 4) is 0 Å². The molecular weight excluding hydrogens is 374 g/mol. The minimum absolute atomic E-state index is 0.0117. The van der Waals surface area contributed by atoms with Crippen LogP contribution in [0.2, 0.25) is 0 Å². The molecule has 2 aliphatic heterocycles. The standard InChI is InChI=1S/C17H29N3O6S/c21-14(18-6-8-26-10-9-25-7-5-15(22)23)4-2-1-3-13-16-12(11-27-13)19-17(24)20-16/h12-13,16H,1-11H2,(H,18,21)(H,22,23)(H2,19,20,24)/t12-,13+,16+/m1/s1. The first-order valence-corrected chi connectivity index (χ1v) is 10.4. The molecule has 3 atom stereocenters. The van der Waals surface area contributed by atoms with Gasteiger partial charge in [0, 0.05) is 24.0 Å². The molecule has 0 spiro atoms.